The molecule has 0 fully saturated rings. The molecule has 6 nitrogen and oxygen atoms in total. The van der Waals surface area contributed by atoms with Crippen molar-refractivity contribution in [1.82, 2.24) is 4.98 Å². The highest BCUT2D eigenvalue weighted by atomic mass is 28.4. The quantitative estimate of drug-likeness (QED) is 0.804. The molecule has 0 saturated heterocycles. The van der Waals surface area contributed by atoms with Gasteiger partial charge in [-0.25, -0.2) is 4.98 Å². The Morgan fingerprint density at radius 2 is 1.89 bits per heavy atom. The number of aryl methyl sites for hydroxylation is 1. The average Bonchev–Trinajstić information content (AvgIpc) is 2.53. The number of hydrogen-bond acceptors (Lipinski definition) is 6. The summed E-state index contributed by atoms with van der Waals surface area (Å²) in [6.45, 7) is 12.6. The first kappa shape index (κ1) is 16.2. The first-order valence-electron chi connectivity index (χ1n) is 6.16. The van der Waals surface area contributed by atoms with E-state index in [0.29, 0.717) is 11.6 Å². The molecule has 0 aliphatic heterocycles. The normalized spacial score (nSPS) is 12.6. The molecule has 2 N–H and O–H groups in total. The molecule has 0 spiro atoms. The zero-order valence-electron chi connectivity index (χ0n) is 12.4. The summed E-state index contributed by atoms with van der Waals surface area (Å²) in [5.74, 6) is 0.385. The van der Waals surface area contributed by atoms with Crippen LogP contribution in [0.25, 0.3) is 0 Å². The predicted molar refractivity (Wildman–Crippen MR) is 74.0 cm³/mol. The van der Waals surface area contributed by atoms with Gasteiger partial charge in [-0.3, -0.25) is 0 Å². The lowest BCUT2D eigenvalue weighted by Gasteiger charge is -2.35. The fraction of sp³-hybridized carbons (Fsp3) is 0.727. The third kappa shape index (κ3) is 4.34. The van der Waals surface area contributed by atoms with Gasteiger partial charge >= 0.3 is 7.32 Å². The third-order valence-corrected chi connectivity index (χ3v) is 7.84. The molecule has 1 heterocycles. The van der Waals surface area contributed by atoms with E-state index in [9.17, 15) is 0 Å². The second-order valence-corrected chi connectivity index (χ2v) is 10.8. The van der Waals surface area contributed by atoms with Crippen LogP contribution in [-0.4, -0.2) is 30.7 Å². The Morgan fingerprint density at radius 1 is 1.32 bits per heavy atom. The standard InChI is InChI=1S/C11H22BNO5Si/c1-8-13-9(10(17-8)18-12(14)15)7-16-19(5,6)11(2,3)4/h14-15H,7H2,1-6H3. The minimum atomic E-state index is -1.93. The van der Waals surface area contributed by atoms with Crippen LogP contribution in [-0.2, 0) is 11.0 Å². The van der Waals surface area contributed by atoms with Crippen molar-refractivity contribution in [3.05, 3.63) is 11.6 Å². The van der Waals surface area contributed by atoms with E-state index in [0.717, 1.165) is 0 Å². The minimum absolute atomic E-state index is 0.00814. The molecule has 0 saturated carbocycles. The maximum absolute atomic E-state index is 8.81. The highest BCUT2D eigenvalue weighted by Gasteiger charge is 2.37. The molecule has 1 rings (SSSR count). The van der Waals surface area contributed by atoms with E-state index in [1.165, 1.54) is 0 Å². The Hall–Kier alpha value is -0.828. The number of nitrogens with zero attached hydrogens (tertiary/aromatic N) is 1. The van der Waals surface area contributed by atoms with Crippen molar-refractivity contribution in [2.75, 3.05) is 0 Å². The summed E-state index contributed by atoms with van der Waals surface area (Å²) in [6, 6.07) is 0. The van der Waals surface area contributed by atoms with E-state index in [1.54, 1.807) is 6.92 Å². The summed E-state index contributed by atoms with van der Waals surface area (Å²) in [4.78, 5) is 4.13. The van der Waals surface area contributed by atoms with Gasteiger partial charge in [-0.15, -0.1) is 0 Å². The van der Waals surface area contributed by atoms with E-state index >= 15 is 0 Å². The maximum Gasteiger partial charge on any atom is 0.709 e. The smallest absolute Gasteiger partial charge is 0.483 e. The Balaban J connectivity index is 2.78. The molecule has 0 atom stereocenters. The van der Waals surface area contributed by atoms with Crippen molar-refractivity contribution in [2.24, 2.45) is 0 Å². The van der Waals surface area contributed by atoms with Crippen molar-refractivity contribution < 1.29 is 23.5 Å². The van der Waals surface area contributed by atoms with Gasteiger partial charge in [-0.05, 0) is 18.1 Å². The number of oxazole rings is 1. The second-order valence-electron chi connectivity index (χ2n) is 5.96. The molecule has 0 aliphatic rings. The Labute approximate surface area is 115 Å². The molecule has 0 amide bonds. The topological polar surface area (TPSA) is 85.0 Å². The lowest BCUT2D eigenvalue weighted by atomic mass is 10.2. The summed E-state index contributed by atoms with van der Waals surface area (Å²) >= 11 is 0. The zero-order chi connectivity index (χ0) is 14.8. The fourth-order valence-electron chi connectivity index (χ4n) is 1.20. The summed E-state index contributed by atoms with van der Waals surface area (Å²) in [5.41, 5.74) is 0.440. The number of rotatable bonds is 5. The van der Waals surface area contributed by atoms with Crippen LogP contribution in [0.4, 0.5) is 0 Å². The lowest BCUT2D eigenvalue weighted by molar-refractivity contribution is 0.235. The number of aromatic nitrogens is 1. The summed E-state index contributed by atoms with van der Waals surface area (Å²) in [7, 11) is -3.84. The van der Waals surface area contributed by atoms with Gasteiger partial charge < -0.3 is 23.5 Å². The Bertz CT molecular complexity index is 427. The van der Waals surface area contributed by atoms with Gasteiger partial charge in [0.1, 0.15) is 5.69 Å². The summed E-state index contributed by atoms with van der Waals surface area (Å²) < 4.78 is 15.9. The van der Waals surface area contributed by atoms with Gasteiger partial charge in [0.15, 0.2) is 14.2 Å². The van der Waals surface area contributed by atoms with Gasteiger partial charge in [0.25, 0.3) is 5.95 Å². The molecule has 0 aliphatic carbocycles. The molecular weight excluding hydrogens is 265 g/mol. The molecule has 1 aromatic rings. The molecule has 0 bridgehead atoms. The average molecular weight is 287 g/mol. The van der Waals surface area contributed by atoms with Crippen molar-refractivity contribution in [3.63, 3.8) is 0 Å². The molecule has 0 aromatic carbocycles. The van der Waals surface area contributed by atoms with Crippen molar-refractivity contribution >= 4 is 15.6 Å². The van der Waals surface area contributed by atoms with Gasteiger partial charge in [-0.1, -0.05) is 20.8 Å². The molecule has 19 heavy (non-hydrogen) atoms. The van der Waals surface area contributed by atoms with Gasteiger partial charge in [0, 0.05) is 6.92 Å². The predicted octanol–water partition coefficient (Wildman–Crippen LogP) is 1.85. The van der Waals surface area contributed by atoms with Crippen LogP contribution in [0.15, 0.2) is 4.42 Å². The van der Waals surface area contributed by atoms with Crippen LogP contribution in [0.5, 0.6) is 5.95 Å². The fourth-order valence-corrected chi connectivity index (χ4v) is 2.13. The van der Waals surface area contributed by atoms with Crippen LogP contribution >= 0.6 is 0 Å². The molecule has 1 aromatic heterocycles. The van der Waals surface area contributed by atoms with Gasteiger partial charge in [0.2, 0.25) is 0 Å². The van der Waals surface area contributed by atoms with Crippen LogP contribution in [0.1, 0.15) is 32.4 Å². The lowest BCUT2D eigenvalue weighted by Crippen LogP contribution is -2.40. The molecule has 0 unspecified atom stereocenters. The molecule has 108 valence electrons. The van der Waals surface area contributed by atoms with E-state index in [4.69, 9.17) is 23.5 Å². The first-order chi connectivity index (χ1) is 8.53. The summed E-state index contributed by atoms with van der Waals surface area (Å²) in [5, 5.41) is 17.7. The van der Waals surface area contributed by atoms with Gasteiger partial charge in [-0.2, -0.15) is 0 Å². The SMILES string of the molecule is Cc1nc(CO[Si](C)(C)C(C)(C)C)c(OB(O)O)o1. The molecule has 0 radical (unpaired) electrons. The van der Waals surface area contributed by atoms with Crippen molar-refractivity contribution in [3.8, 4) is 5.95 Å². The van der Waals surface area contributed by atoms with Crippen molar-refractivity contribution in [1.29, 1.82) is 0 Å². The van der Waals surface area contributed by atoms with Crippen molar-refractivity contribution in [2.45, 2.75) is 52.4 Å². The van der Waals surface area contributed by atoms with Crippen LogP contribution in [0.2, 0.25) is 18.1 Å². The highest BCUT2D eigenvalue weighted by Crippen LogP contribution is 2.37. The van der Waals surface area contributed by atoms with Crippen LogP contribution < -0.4 is 4.65 Å². The van der Waals surface area contributed by atoms with E-state index in [1.807, 2.05) is 0 Å². The first-order valence-corrected chi connectivity index (χ1v) is 9.07. The second kappa shape index (κ2) is 5.66. The van der Waals surface area contributed by atoms with E-state index in [-0.39, 0.29) is 17.6 Å². The minimum Gasteiger partial charge on any atom is -0.483 e. The molecule has 8 heteroatoms. The zero-order valence-corrected chi connectivity index (χ0v) is 13.4. The van der Waals surface area contributed by atoms with Crippen LogP contribution in [0, 0.1) is 6.92 Å². The Morgan fingerprint density at radius 3 is 2.37 bits per heavy atom. The number of hydrogen-bond donors (Lipinski definition) is 2. The van der Waals surface area contributed by atoms with E-state index < -0.39 is 15.6 Å². The Kier molecular flexibility index (Phi) is 4.83. The molecular formula is C11H22BNO5Si. The largest absolute Gasteiger partial charge is 0.709 e. The van der Waals surface area contributed by atoms with E-state index in [2.05, 4.69) is 38.8 Å². The summed E-state index contributed by atoms with van der Waals surface area (Å²) in [6.07, 6.45) is 0. The third-order valence-electron chi connectivity index (χ3n) is 3.36. The monoisotopic (exact) mass is 287 g/mol. The maximum atomic E-state index is 8.81. The van der Waals surface area contributed by atoms with Crippen LogP contribution in [0.3, 0.4) is 0 Å². The highest BCUT2D eigenvalue weighted by molar-refractivity contribution is 6.74. The van der Waals surface area contributed by atoms with Gasteiger partial charge in [0.05, 0.1) is 6.61 Å².